The molecule has 0 spiro atoms. The second-order valence-electron chi connectivity index (χ2n) is 5.23. The molecule has 94 valence electrons. The molecule has 1 atom stereocenters. The first-order chi connectivity index (χ1) is 8.61. The molecule has 0 fully saturated rings. The third-order valence-electron chi connectivity index (χ3n) is 3.88. The molecule has 3 rings (SSSR count). The van der Waals surface area contributed by atoms with Gasteiger partial charge in [-0.15, -0.1) is 0 Å². The SMILES string of the molecule is COc1ccc2c3c([nH]c2c1C)C(=O)CC(C)C3. The number of benzene rings is 1. The third kappa shape index (κ3) is 1.47. The highest BCUT2D eigenvalue weighted by atomic mass is 16.5. The lowest BCUT2D eigenvalue weighted by Gasteiger charge is -2.16. The van der Waals surface area contributed by atoms with Crippen molar-refractivity contribution in [3.05, 3.63) is 29.0 Å². The minimum Gasteiger partial charge on any atom is -0.496 e. The van der Waals surface area contributed by atoms with Crippen LogP contribution in [0.3, 0.4) is 0 Å². The Morgan fingerprint density at radius 3 is 2.83 bits per heavy atom. The van der Waals surface area contributed by atoms with E-state index < -0.39 is 0 Å². The first kappa shape index (κ1) is 11.3. The van der Waals surface area contributed by atoms with Crippen LogP contribution in [0.5, 0.6) is 5.75 Å². The van der Waals surface area contributed by atoms with Gasteiger partial charge in [-0.25, -0.2) is 0 Å². The molecule has 1 N–H and O–H groups in total. The minimum absolute atomic E-state index is 0.235. The van der Waals surface area contributed by atoms with Crippen LogP contribution < -0.4 is 4.74 Å². The van der Waals surface area contributed by atoms with Gasteiger partial charge < -0.3 is 9.72 Å². The predicted molar refractivity (Wildman–Crippen MR) is 71.4 cm³/mol. The van der Waals surface area contributed by atoms with Crippen molar-refractivity contribution in [1.82, 2.24) is 4.98 Å². The molecule has 3 nitrogen and oxygen atoms in total. The van der Waals surface area contributed by atoms with E-state index in [1.165, 1.54) is 10.9 Å². The van der Waals surface area contributed by atoms with Gasteiger partial charge in [0.25, 0.3) is 0 Å². The number of aromatic amines is 1. The number of methoxy groups -OCH3 is 1. The lowest BCUT2D eigenvalue weighted by Crippen LogP contribution is -2.17. The molecule has 0 saturated carbocycles. The van der Waals surface area contributed by atoms with Crippen LogP contribution in [0.2, 0.25) is 0 Å². The van der Waals surface area contributed by atoms with Gasteiger partial charge in [0.05, 0.1) is 18.3 Å². The lowest BCUT2D eigenvalue weighted by atomic mass is 9.87. The van der Waals surface area contributed by atoms with E-state index in [1.54, 1.807) is 7.11 Å². The van der Waals surface area contributed by atoms with Crippen molar-refractivity contribution >= 4 is 16.7 Å². The van der Waals surface area contributed by atoms with Gasteiger partial charge in [-0.05, 0) is 37.0 Å². The predicted octanol–water partition coefficient (Wildman–Crippen LogP) is 3.25. The lowest BCUT2D eigenvalue weighted by molar-refractivity contribution is 0.0949. The fraction of sp³-hybridized carbons (Fsp3) is 0.400. The maximum absolute atomic E-state index is 12.1. The molecule has 0 radical (unpaired) electrons. The van der Waals surface area contributed by atoms with Crippen molar-refractivity contribution in [2.75, 3.05) is 7.11 Å². The van der Waals surface area contributed by atoms with Gasteiger partial charge in [0.1, 0.15) is 5.75 Å². The second kappa shape index (κ2) is 3.87. The van der Waals surface area contributed by atoms with Crippen molar-refractivity contribution in [1.29, 1.82) is 0 Å². The molecule has 3 heteroatoms. The average Bonchev–Trinajstić information content (AvgIpc) is 2.70. The Kier molecular flexibility index (Phi) is 2.44. The highest BCUT2D eigenvalue weighted by Crippen LogP contribution is 2.35. The second-order valence-corrected chi connectivity index (χ2v) is 5.23. The molecule has 0 amide bonds. The molecule has 1 aromatic heterocycles. The van der Waals surface area contributed by atoms with E-state index in [9.17, 15) is 4.79 Å². The molecule has 0 bridgehead atoms. The van der Waals surface area contributed by atoms with Crippen LogP contribution in [0.4, 0.5) is 0 Å². The number of ether oxygens (including phenoxy) is 1. The standard InChI is InChI=1S/C15H17NO2/c1-8-6-11-10-4-5-13(18-3)9(2)14(10)16-15(11)12(17)7-8/h4-5,8,16H,6-7H2,1-3H3. The van der Waals surface area contributed by atoms with Crippen LogP contribution in [0.15, 0.2) is 12.1 Å². The number of Topliss-reactive ketones (excluding diaryl/α,β-unsaturated/α-hetero) is 1. The van der Waals surface area contributed by atoms with E-state index in [0.717, 1.165) is 28.9 Å². The van der Waals surface area contributed by atoms with E-state index in [-0.39, 0.29) is 5.78 Å². The van der Waals surface area contributed by atoms with Crippen molar-refractivity contribution < 1.29 is 9.53 Å². The molecule has 1 aliphatic carbocycles. The number of hydrogen-bond donors (Lipinski definition) is 1. The smallest absolute Gasteiger partial charge is 0.179 e. The number of H-pyrrole nitrogens is 1. The summed E-state index contributed by atoms with van der Waals surface area (Å²) in [4.78, 5) is 15.4. The average molecular weight is 243 g/mol. The summed E-state index contributed by atoms with van der Waals surface area (Å²) in [5.41, 5.74) is 4.10. The summed E-state index contributed by atoms with van der Waals surface area (Å²) in [6.45, 7) is 4.16. The fourth-order valence-electron chi connectivity index (χ4n) is 2.95. The quantitative estimate of drug-likeness (QED) is 0.835. The van der Waals surface area contributed by atoms with Gasteiger partial charge in [0.15, 0.2) is 5.78 Å². The van der Waals surface area contributed by atoms with E-state index >= 15 is 0 Å². The van der Waals surface area contributed by atoms with Crippen LogP contribution in [-0.2, 0) is 6.42 Å². The number of rotatable bonds is 1. The summed E-state index contributed by atoms with van der Waals surface area (Å²) >= 11 is 0. The first-order valence-corrected chi connectivity index (χ1v) is 6.33. The van der Waals surface area contributed by atoms with Crippen LogP contribution >= 0.6 is 0 Å². The molecular formula is C15H17NO2. The zero-order chi connectivity index (χ0) is 12.9. The fourth-order valence-corrected chi connectivity index (χ4v) is 2.95. The van der Waals surface area contributed by atoms with E-state index in [4.69, 9.17) is 4.74 Å². The zero-order valence-electron chi connectivity index (χ0n) is 11.0. The summed E-state index contributed by atoms with van der Waals surface area (Å²) in [7, 11) is 1.67. The number of aromatic nitrogens is 1. The Labute approximate surface area is 106 Å². The number of nitrogens with one attached hydrogen (secondary N) is 1. The number of hydrogen-bond acceptors (Lipinski definition) is 2. The summed E-state index contributed by atoms with van der Waals surface area (Å²) in [5.74, 6) is 1.53. The highest BCUT2D eigenvalue weighted by molar-refractivity contribution is 6.04. The van der Waals surface area contributed by atoms with Crippen LogP contribution in [-0.4, -0.2) is 17.9 Å². The Morgan fingerprint density at radius 2 is 2.11 bits per heavy atom. The Bertz CT molecular complexity index is 639. The molecule has 18 heavy (non-hydrogen) atoms. The van der Waals surface area contributed by atoms with Crippen molar-refractivity contribution in [2.24, 2.45) is 5.92 Å². The highest BCUT2D eigenvalue weighted by Gasteiger charge is 2.26. The van der Waals surface area contributed by atoms with E-state index in [2.05, 4.69) is 18.0 Å². The maximum atomic E-state index is 12.1. The first-order valence-electron chi connectivity index (χ1n) is 6.33. The van der Waals surface area contributed by atoms with Crippen molar-refractivity contribution in [3.8, 4) is 5.75 Å². The van der Waals surface area contributed by atoms with Gasteiger partial charge in [-0.1, -0.05) is 6.92 Å². The third-order valence-corrected chi connectivity index (χ3v) is 3.88. The monoisotopic (exact) mass is 243 g/mol. The van der Waals surface area contributed by atoms with Crippen LogP contribution in [0.1, 0.15) is 35.0 Å². The molecule has 2 aromatic rings. The summed E-state index contributed by atoms with van der Waals surface area (Å²) in [5, 5.41) is 1.17. The Balaban J connectivity index is 2.30. The number of fused-ring (bicyclic) bond motifs is 3. The van der Waals surface area contributed by atoms with Gasteiger partial charge in [-0.2, -0.15) is 0 Å². The molecule has 0 saturated heterocycles. The largest absolute Gasteiger partial charge is 0.496 e. The molecular weight excluding hydrogens is 226 g/mol. The topological polar surface area (TPSA) is 42.1 Å². The minimum atomic E-state index is 0.235. The number of carbonyl (C=O) groups is 1. The number of aryl methyl sites for hydroxylation is 1. The van der Waals surface area contributed by atoms with Gasteiger partial charge >= 0.3 is 0 Å². The van der Waals surface area contributed by atoms with Crippen LogP contribution in [0.25, 0.3) is 10.9 Å². The van der Waals surface area contributed by atoms with Gasteiger partial charge in [0, 0.05) is 17.4 Å². The van der Waals surface area contributed by atoms with Crippen molar-refractivity contribution in [3.63, 3.8) is 0 Å². The Morgan fingerprint density at radius 1 is 1.33 bits per heavy atom. The number of carbonyl (C=O) groups excluding carboxylic acids is 1. The van der Waals surface area contributed by atoms with E-state index in [0.29, 0.717) is 12.3 Å². The number of ketones is 1. The van der Waals surface area contributed by atoms with Crippen LogP contribution in [0, 0.1) is 12.8 Å². The van der Waals surface area contributed by atoms with Gasteiger partial charge in [0.2, 0.25) is 0 Å². The molecule has 1 aromatic carbocycles. The van der Waals surface area contributed by atoms with Gasteiger partial charge in [-0.3, -0.25) is 4.79 Å². The summed E-state index contributed by atoms with van der Waals surface area (Å²) in [6.07, 6.45) is 1.63. The van der Waals surface area contributed by atoms with Crippen molar-refractivity contribution in [2.45, 2.75) is 26.7 Å². The molecule has 0 aliphatic heterocycles. The summed E-state index contributed by atoms with van der Waals surface area (Å²) in [6, 6.07) is 4.04. The molecule has 1 heterocycles. The normalized spacial score (nSPS) is 19.1. The zero-order valence-corrected chi connectivity index (χ0v) is 11.0. The van der Waals surface area contributed by atoms with E-state index in [1.807, 2.05) is 13.0 Å². The molecule has 1 unspecified atom stereocenters. The molecule has 1 aliphatic rings. The summed E-state index contributed by atoms with van der Waals surface area (Å²) < 4.78 is 5.33. The Hall–Kier alpha value is -1.77. The maximum Gasteiger partial charge on any atom is 0.179 e.